The van der Waals surface area contributed by atoms with Crippen LogP contribution >= 0.6 is 0 Å². The van der Waals surface area contributed by atoms with E-state index in [1.165, 1.54) is 25.8 Å². The van der Waals surface area contributed by atoms with E-state index >= 15 is 0 Å². The van der Waals surface area contributed by atoms with Gasteiger partial charge in [0.25, 0.3) is 0 Å². The highest BCUT2D eigenvalue weighted by molar-refractivity contribution is 5.76. The second-order valence-corrected chi connectivity index (χ2v) is 6.71. The zero-order chi connectivity index (χ0) is 15.6. The third-order valence-corrected chi connectivity index (χ3v) is 5.25. The van der Waals surface area contributed by atoms with Gasteiger partial charge in [0.15, 0.2) is 11.5 Å². The molecule has 3 heterocycles. The third-order valence-electron chi connectivity index (χ3n) is 5.25. The van der Waals surface area contributed by atoms with Crippen LogP contribution in [0.2, 0.25) is 0 Å². The summed E-state index contributed by atoms with van der Waals surface area (Å²) in [5.41, 5.74) is 1.14. The number of ether oxygens (including phenoxy) is 2. The zero-order valence-electron chi connectivity index (χ0n) is 13.5. The molecule has 5 nitrogen and oxygen atoms in total. The second kappa shape index (κ2) is 6.40. The summed E-state index contributed by atoms with van der Waals surface area (Å²) in [6.45, 7) is 4.35. The van der Waals surface area contributed by atoms with Crippen molar-refractivity contribution in [3.05, 3.63) is 23.8 Å². The molecule has 1 aromatic carbocycles. The fraction of sp³-hybridized carbons (Fsp3) is 0.611. The molecule has 0 saturated carbocycles. The molecule has 0 bridgehead atoms. The van der Waals surface area contributed by atoms with Crippen LogP contribution in [-0.4, -0.2) is 54.7 Å². The standard InChI is InChI=1S/C18H24N2O3/c21-18(20-10-9-19-8-2-1-3-15(19)12-20)7-5-14-4-6-16-17(11-14)23-13-22-16/h4,6,11,15H,1-3,5,7-10,12-13H2/t15-/m1/s1. The van der Waals surface area contributed by atoms with Gasteiger partial charge in [0.05, 0.1) is 0 Å². The topological polar surface area (TPSA) is 42.0 Å². The minimum absolute atomic E-state index is 0.285. The molecule has 1 aromatic rings. The predicted octanol–water partition coefficient (Wildman–Crippen LogP) is 2.04. The smallest absolute Gasteiger partial charge is 0.231 e. The van der Waals surface area contributed by atoms with E-state index in [1.54, 1.807) is 0 Å². The van der Waals surface area contributed by atoms with Crippen molar-refractivity contribution < 1.29 is 14.3 Å². The van der Waals surface area contributed by atoms with E-state index in [9.17, 15) is 4.79 Å². The maximum Gasteiger partial charge on any atom is 0.231 e. The molecule has 0 aliphatic carbocycles. The first-order chi connectivity index (χ1) is 11.3. The Labute approximate surface area is 137 Å². The molecule has 3 aliphatic heterocycles. The summed E-state index contributed by atoms with van der Waals surface area (Å²) in [5.74, 6) is 1.88. The van der Waals surface area contributed by atoms with Crippen molar-refractivity contribution in [1.82, 2.24) is 9.80 Å². The van der Waals surface area contributed by atoms with Crippen LogP contribution in [0.5, 0.6) is 11.5 Å². The summed E-state index contributed by atoms with van der Waals surface area (Å²) in [5, 5.41) is 0. The summed E-state index contributed by atoms with van der Waals surface area (Å²) in [4.78, 5) is 17.2. The Kier molecular flexibility index (Phi) is 4.12. The fourth-order valence-corrected chi connectivity index (χ4v) is 3.89. The largest absolute Gasteiger partial charge is 0.454 e. The maximum atomic E-state index is 12.5. The molecule has 0 aromatic heterocycles. The van der Waals surface area contributed by atoms with Gasteiger partial charge in [0, 0.05) is 32.1 Å². The molecule has 0 radical (unpaired) electrons. The van der Waals surface area contributed by atoms with Crippen LogP contribution in [0.4, 0.5) is 0 Å². The first kappa shape index (κ1) is 14.8. The second-order valence-electron chi connectivity index (χ2n) is 6.71. The van der Waals surface area contributed by atoms with Crippen molar-refractivity contribution >= 4 is 5.91 Å². The van der Waals surface area contributed by atoms with Crippen LogP contribution in [-0.2, 0) is 11.2 Å². The highest BCUT2D eigenvalue weighted by Crippen LogP contribution is 2.32. The van der Waals surface area contributed by atoms with Gasteiger partial charge in [-0.3, -0.25) is 9.69 Å². The van der Waals surface area contributed by atoms with E-state index in [0.717, 1.165) is 43.1 Å². The monoisotopic (exact) mass is 316 g/mol. The number of rotatable bonds is 3. The average Bonchev–Trinajstić information content (AvgIpc) is 3.07. The lowest BCUT2D eigenvalue weighted by atomic mass is 9.99. The van der Waals surface area contributed by atoms with Crippen LogP contribution in [0.3, 0.4) is 0 Å². The van der Waals surface area contributed by atoms with E-state index in [1.807, 2.05) is 18.2 Å². The number of fused-ring (bicyclic) bond motifs is 2. The summed E-state index contributed by atoms with van der Waals surface area (Å²) in [6, 6.07) is 6.55. The molecular formula is C18H24N2O3. The van der Waals surface area contributed by atoms with Crippen molar-refractivity contribution in [3.8, 4) is 11.5 Å². The average molecular weight is 316 g/mol. The number of hydrogen-bond acceptors (Lipinski definition) is 4. The minimum atomic E-state index is 0.285. The highest BCUT2D eigenvalue weighted by Gasteiger charge is 2.30. The molecule has 2 saturated heterocycles. The maximum absolute atomic E-state index is 12.5. The Morgan fingerprint density at radius 3 is 3.00 bits per heavy atom. The Morgan fingerprint density at radius 1 is 1.13 bits per heavy atom. The van der Waals surface area contributed by atoms with Crippen LogP contribution in [0.25, 0.3) is 0 Å². The number of carbonyl (C=O) groups is 1. The summed E-state index contributed by atoms with van der Waals surface area (Å²) in [7, 11) is 0. The molecule has 5 heteroatoms. The lowest BCUT2D eigenvalue weighted by Gasteiger charge is -2.44. The van der Waals surface area contributed by atoms with Gasteiger partial charge in [-0.2, -0.15) is 0 Å². The molecule has 23 heavy (non-hydrogen) atoms. The lowest BCUT2D eigenvalue weighted by molar-refractivity contribution is -0.134. The van der Waals surface area contributed by atoms with Gasteiger partial charge in [-0.25, -0.2) is 0 Å². The van der Waals surface area contributed by atoms with Crippen LogP contribution in [0, 0.1) is 0 Å². The fourth-order valence-electron chi connectivity index (χ4n) is 3.89. The van der Waals surface area contributed by atoms with Crippen LogP contribution in [0.1, 0.15) is 31.2 Å². The predicted molar refractivity (Wildman–Crippen MR) is 86.7 cm³/mol. The number of aryl methyl sites for hydroxylation is 1. The molecular weight excluding hydrogens is 292 g/mol. The number of hydrogen-bond donors (Lipinski definition) is 0. The van der Waals surface area contributed by atoms with Crippen molar-refractivity contribution in [2.75, 3.05) is 33.0 Å². The SMILES string of the molecule is O=C(CCc1ccc2c(c1)OCO2)N1CCN2CCCC[C@@H]2C1. The van der Waals surface area contributed by atoms with Gasteiger partial charge in [0.2, 0.25) is 12.7 Å². The first-order valence-electron chi connectivity index (χ1n) is 8.70. The number of benzene rings is 1. The molecule has 124 valence electrons. The molecule has 0 spiro atoms. The third kappa shape index (κ3) is 3.15. The number of amides is 1. The van der Waals surface area contributed by atoms with Gasteiger partial charge in [-0.05, 0) is 43.5 Å². The normalized spacial score (nSPS) is 23.7. The number of carbonyl (C=O) groups excluding carboxylic acids is 1. The molecule has 1 atom stereocenters. The molecule has 1 amide bonds. The quantitative estimate of drug-likeness (QED) is 0.856. The van der Waals surface area contributed by atoms with Gasteiger partial charge in [-0.1, -0.05) is 12.5 Å². The van der Waals surface area contributed by atoms with Crippen LogP contribution < -0.4 is 9.47 Å². The Morgan fingerprint density at radius 2 is 2.04 bits per heavy atom. The van der Waals surface area contributed by atoms with Crippen molar-refractivity contribution in [2.45, 2.75) is 38.1 Å². The molecule has 3 aliphatic rings. The lowest BCUT2D eigenvalue weighted by Crippen LogP contribution is -2.56. The first-order valence-corrected chi connectivity index (χ1v) is 8.70. The minimum Gasteiger partial charge on any atom is -0.454 e. The van der Waals surface area contributed by atoms with Crippen molar-refractivity contribution in [1.29, 1.82) is 0 Å². The zero-order valence-corrected chi connectivity index (χ0v) is 13.5. The van der Waals surface area contributed by atoms with Gasteiger partial charge >= 0.3 is 0 Å². The van der Waals surface area contributed by atoms with Gasteiger partial charge in [-0.15, -0.1) is 0 Å². The van der Waals surface area contributed by atoms with E-state index in [4.69, 9.17) is 9.47 Å². The number of nitrogens with zero attached hydrogens (tertiary/aromatic N) is 2. The van der Waals surface area contributed by atoms with E-state index < -0.39 is 0 Å². The molecule has 4 rings (SSSR count). The van der Waals surface area contributed by atoms with Gasteiger partial charge < -0.3 is 14.4 Å². The molecule has 2 fully saturated rings. The number of piperazine rings is 1. The highest BCUT2D eigenvalue weighted by atomic mass is 16.7. The molecule has 0 unspecified atom stereocenters. The Hall–Kier alpha value is -1.75. The van der Waals surface area contributed by atoms with Gasteiger partial charge in [0.1, 0.15) is 0 Å². The summed E-state index contributed by atoms with van der Waals surface area (Å²) >= 11 is 0. The Bertz CT molecular complexity index is 590. The van der Waals surface area contributed by atoms with E-state index in [2.05, 4.69) is 9.80 Å². The van der Waals surface area contributed by atoms with Crippen LogP contribution in [0.15, 0.2) is 18.2 Å². The molecule has 0 N–H and O–H groups in total. The summed E-state index contributed by atoms with van der Waals surface area (Å²) in [6.07, 6.45) is 5.20. The van der Waals surface area contributed by atoms with Crippen molar-refractivity contribution in [2.24, 2.45) is 0 Å². The van der Waals surface area contributed by atoms with E-state index in [0.29, 0.717) is 19.3 Å². The summed E-state index contributed by atoms with van der Waals surface area (Å²) < 4.78 is 10.7. The Balaban J connectivity index is 1.31. The van der Waals surface area contributed by atoms with Crippen molar-refractivity contribution in [3.63, 3.8) is 0 Å². The van der Waals surface area contributed by atoms with E-state index in [-0.39, 0.29) is 5.91 Å². The number of piperidine rings is 1.